The van der Waals surface area contributed by atoms with Gasteiger partial charge in [-0.15, -0.1) is 0 Å². The topological polar surface area (TPSA) is 28.4 Å². The third-order valence-electron chi connectivity index (χ3n) is 3.00. The van der Waals surface area contributed by atoms with Gasteiger partial charge in [-0.3, -0.25) is 0 Å². The summed E-state index contributed by atoms with van der Waals surface area (Å²) in [6, 6.07) is 7.24. The molecule has 1 heterocycles. The molecule has 0 saturated carbocycles. The van der Waals surface area contributed by atoms with Gasteiger partial charge in [0.25, 0.3) is 0 Å². The van der Waals surface area contributed by atoms with Crippen LogP contribution in [0.1, 0.15) is 18.1 Å². The van der Waals surface area contributed by atoms with Crippen molar-refractivity contribution in [1.29, 1.82) is 0 Å². The van der Waals surface area contributed by atoms with Crippen LogP contribution in [0.4, 0.5) is 10.1 Å². The van der Waals surface area contributed by atoms with Crippen LogP contribution in [-0.4, -0.2) is 13.6 Å². The third kappa shape index (κ3) is 3.58. The molecule has 0 fully saturated rings. The Morgan fingerprint density at radius 3 is 2.74 bits per heavy atom. The van der Waals surface area contributed by atoms with Gasteiger partial charge in [-0.1, -0.05) is 13.0 Å². The molecule has 0 bridgehead atoms. The fourth-order valence-electron chi connectivity index (χ4n) is 1.98. The lowest BCUT2D eigenvalue weighted by Crippen LogP contribution is -2.18. The minimum absolute atomic E-state index is 0.193. The molecule has 0 spiro atoms. The van der Waals surface area contributed by atoms with Crippen LogP contribution in [0.25, 0.3) is 0 Å². The number of nitrogens with one attached hydrogen (secondary N) is 1. The molecule has 0 atom stereocenters. The van der Waals surface area contributed by atoms with E-state index in [1.165, 1.54) is 0 Å². The molecule has 0 saturated heterocycles. The first-order valence-corrected chi connectivity index (χ1v) is 6.42. The van der Waals surface area contributed by atoms with E-state index >= 15 is 0 Å². The van der Waals surface area contributed by atoms with Crippen LogP contribution in [0.3, 0.4) is 0 Å². The fourth-order valence-corrected chi connectivity index (χ4v) is 1.98. The van der Waals surface area contributed by atoms with Crippen molar-refractivity contribution in [2.45, 2.75) is 20.0 Å². The minimum Gasteiger partial charge on any atom is -0.472 e. The maximum atomic E-state index is 14.1. The van der Waals surface area contributed by atoms with Gasteiger partial charge >= 0.3 is 0 Å². The van der Waals surface area contributed by atoms with E-state index in [0.29, 0.717) is 18.8 Å². The normalized spacial score (nSPS) is 10.7. The summed E-state index contributed by atoms with van der Waals surface area (Å²) in [5.74, 6) is -0.193. The van der Waals surface area contributed by atoms with Crippen LogP contribution in [0.2, 0.25) is 0 Å². The SMILES string of the molecule is CCNCc1ccc(N(C)Cc2ccoc2)c(F)c1. The number of benzene rings is 1. The first-order valence-electron chi connectivity index (χ1n) is 6.42. The second-order valence-corrected chi connectivity index (χ2v) is 4.55. The Labute approximate surface area is 113 Å². The second kappa shape index (κ2) is 6.38. The maximum Gasteiger partial charge on any atom is 0.146 e. The molecule has 4 heteroatoms. The molecule has 3 nitrogen and oxygen atoms in total. The number of nitrogens with zero attached hydrogens (tertiary/aromatic N) is 1. The monoisotopic (exact) mass is 262 g/mol. The van der Waals surface area contributed by atoms with Crippen molar-refractivity contribution < 1.29 is 8.81 Å². The van der Waals surface area contributed by atoms with Gasteiger partial charge in [-0.25, -0.2) is 4.39 Å². The van der Waals surface area contributed by atoms with Gasteiger partial charge < -0.3 is 14.6 Å². The summed E-state index contributed by atoms with van der Waals surface area (Å²) in [6.07, 6.45) is 3.30. The van der Waals surface area contributed by atoms with E-state index in [1.807, 2.05) is 37.1 Å². The molecule has 0 unspecified atom stereocenters. The van der Waals surface area contributed by atoms with Gasteiger partial charge in [-0.05, 0) is 30.3 Å². The number of anilines is 1. The Kier molecular flexibility index (Phi) is 4.58. The van der Waals surface area contributed by atoms with Crippen molar-refractivity contribution in [3.8, 4) is 0 Å². The zero-order valence-corrected chi connectivity index (χ0v) is 11.3. The fraction of sp³-hybridized carbons (Fsp3) is 0.333. The number of hydrogen-bond acceptors (Lipinski definition) is 3. The largest absolute Gasteiger partial charge is 0.472 e. The van der Waals surface area contributed by atoms with E-state index in [9.17, 15) is 4.39 Å². The molecule has 2 aromatic rings. The Balaban J connectivity index is 2.07. The van der Waals surface area contributed by atoms with Crippen molar-refractivity contribution in [3.63, 3.8) is 0 Å². The van der Waals surface area contributed by atoms with Crippen LogP contribution >= 0.6 is 0 Å². The third-order valence-corrected chi connectivity index (χ3v) is 3.00. The molecule has 2 rings (SSSR count). The summed E-state index contributed by atoms with van der Waals surface area (Å²) in [6.45, 7) is 4.23. The van der Waals surface area contributed by atoms with Gasteiger partial charge in [0.1, 0.15) is 5.82 Å². The first-order chi connectivity index (χ1) is 9.20. The summed E-state index contributed by atoms with van der Waals surface area (Å²) in [4.78, 5) is 1.87. The molecule has 0 amide bonds. The molecule has 1 aromatic carbocycles. The van der Waals surface area contributed by atoms with E-state index in [-0.39, 0.29) is 5.82 Å². The maximum absolute atomic E-state index is 14.1. The van der Waals surface area contributed by atoms with E-state index in [2.05, 4.69) is 5.32 Å². The van der Waals surface area contributed by atoms with Crippen molar-refractivity contribution >= 4 is 5.69 Å². The Hall–Kier alpha value is -1.81. The summed E-state index contributed by atoms with van der Waals surface area (Å²) in [7, 11) is 1.87. The van der Waals surface area contributed by atoms with Crippen molar-refractivity contribution in [2.75, 3.05) is 18.5 Å². The minimum atomic E-state index is -0.193. The van der Waals surface area contributed by atoms with Gasteiger partial charge in [0.05, 0.1) is 18.2 Å². The van der Waals surface area contributed by atoms with Crippen molar-refractivity contribution in [3.05, 3.63) is 53.7 Å². The zero-order valence-electron chi connectivity index (χ0n) is 11.3. The lowest BCUT2D eigenvalue weighted by molar-refractivity contribution is 0.563. The molecule has 0 aliphatic heterocycles. The predicted molar refractivity (Wildman–Crippen MR) is 74.6 cm³/mol. The molecule has 0 radical (unpaired) electrons. The van der Waals surface area contributed by atoms with Gasteiger partial charge in [-0.2, -0.15) is 0 Å². The highest BCUT2D eigenvalue weighted by molar-refractivity contribution is 5.48. The molecular formula is C15H19FN2O. The molecule has 19 heavy (non-hydrogen) atoms. The molecule has 0 aliphatic carbocycles. The van der Waals surface area contributed by atoms with Gasteiger partial charge in [0, 0.05) is 25.7 Å². The summed E-state index contributed by atoms with van der Waals surface area (Å²) < 4.78 is 19.1. The second-order valence-electron chi connectivity index (χ2n) is 4.55. The summed E-state index contributed by atoms with van der Waals surface area (Å²) in [5, 5.41) is 3.18. The molecule has 102 valence electrons. The van der Waals surface area contributed by atoms with Crippen LogP contribution in [-0.2, 0) is 13.1 Å². The highest BCUT2D eigenvalue weighted by Gasteiger charge is 2.09. The number of rotatable bonds is 6. The quantitative estimate of drug-likeness (QED) is 0.866. The van der Waals surface area contributed by atoms with E-state index in [4.69, 9.17) is 4.42 Å². The molecule has 0 aliphatic rings. The number of furan rings is 1. The first kappa shape index (κ1) is 13.6. The van der Waals surface area contributed by atoms with E-state index in [1.54, 1.807) is 18.6 Å². The van der Waals surface area contributed by atoms with Crippen molar-refractivity contribution in [1.82, 2.24) is 5.32 Å². The Bertz CT molecular complexity index is 511. The zero-order chi connectivity index (χ0) is 13.7. The lowest BCUT2D eigenvalue weighted by Gasteiger charge is -2.19. The number of halogens is 1. The summed E-state index contributed by atoms with van der Waals surface area (Å²) in [5.41, 5.74) is 2.58. The lowest BCUT2D eigenvalue weighted by atomic mass is 10.1. The van der Waals surface area contributed by atoms with Crippen LogP contribution < -0.4 is 10.2 Å². The van der Waals surface area contributed by atoms with Crippen LogP contribution in [0.5, 0.6) is 0 Å². The highest BCUT2D eigenvalue weighted by Crippen LogP contribution is 2.21. The molecule has 1 N–H and O–H groups in total. The van der Waals surface area contributed by atoms with Crippen molar-refractivity contribution in [2.24, 2.45) is 0 Å². The standard InChI is InChI=1S/C15H19FN2O/c1-3-17-9-12-4-5-15(14(16)8-12)18(2)10-13-6-7-19-11-13/h4-8,11,17H,3,9-10H2,1-2H3. The molecular weight excluding hydrogens is 243 g/mol. The smallest absolute Gasteiger partial charge is 0.146 e. The highest BCUT2D eigenvalue weighted by atomic mass is 19.1. The van der Waals surface area contributed by atoms with E-state index < -0.39 is 0 Å². The van der Waals surface area contributed by atoms with Gasteiger partial charge in [0.15, 0.2) is 0 Å². The Morgan fingerprint density at radius 1 is 1.26 bits per heavy atom. The average molecular weight is 262 g/mol. The van der Waals surface area contributed by atoms with Gasteiger partial charge in [0.2, 0.25) is 0 Å². The van der Waals surface area contributed by atoms with E-state index in [0.717, 1.165) is 17.7 Å². The van der Waals surface area contributed by atoms with Crippen LogP contribution in [0.15, 0.2) is 41.2 Å². The predicted octanol–water partition coefficient (Wildman–Crippen LogP) is 3.16. The average Bonchev–Trinajstić information content (AvgIpc) is 2.89. The Morgan fingerprint density at radius 2 is 2.11 bits per heavy atom. The molecule has 1 aromatic heterocycles. The van der Waals surface area contributed by atoms with Crippen LogP contribution in [0, 0.1) is 5.82 Å². The summed E-state index contributed by atoms with van der Waals surface area (Å²) >= 11 is 0. The number of hydrogen-bond donors (Lipinski definition) is 1.